The van der Waals surface area contributed by atoms with Crippen LogP contribution in [-0.2, 0) is 22.1 Å². The lowest BCUT2D eigenvalue weighted by Crippen LogP contribution is -2.51. The van der Waals surface area contributed by atoms with Gasteiger partial charge in [0.15, 0.2) is 0 Å². The Kier molecular flexibility index (Phi) is 9.46. The van der Waals surface area contributed by atoms with Crippen molar-refractivity contribution in [3.8, 4) is 0 Å². The van der Waals surface area contributed by atoms with Gasteiger partial charge in [-0.3, -0.25) is 9.69 Å². The smallest absolute Gasteiger partial charge is 0.391 e. The number of hydrogen-bond acceptors (Lipinski definition) is 5. The number of alkyl halides is 3. The number of carbonyl (C=O) groups is 1. The number of nitrogens with zero attached hydrogens (tertiary/aromatic N) is 2. The second-order valence-corrected chi connectivity index (χ2v) is 8.42. The lowest BCUT2D eigenvalue weighted by atomic mass is 10.1. The molecular formula is C25H31F3N2O4. The van der Waals surface area contributed by atoms with Crippen LogP contribution in [0.3, 0.4) is 0 Å². The first-order chi connectivity index (χ1) is 16.3. The molecule has 0 unspecified atom stereocenters. The standard InChI is InChI=1S/C25H31F3N2O4/c1-33-12-11-30(24(32)20-8-5-9-21(15-20)25(26,27)28)18-23-17-29(10-13-34-23)16-22(31)14-19-6-3-2-4-7-19/h2-9,15,22-23,31H,10-14,16-18H2,1H3/t22-,23+/m0/s1. The molecular weight excluding hydrogens is 449 g/mol. The third kappa shape index (κ3) is 7.80. The second kappa shape index (κ2) is 12.3. The van der Waals surface area contributed by atoms with Crippen LogP contribution in [0.2, 0.25) is 0 Å². The highest BCUT2D eigenvalue weighted by Gasteiger charge is 2.32. The highest BCUT2D eigenvalue weighted by Crippen LogP contribution is 2.29. The first-order valence-electron chi connectivity index (χ1n) is 11.3. The average molecular weight is 481 g/mol. The molecule has 6 nitrogen and oxygen atoms in total. The molecule has 0 aromatic heterocycles. The molecule has 1 N–H and O–H groups in total. The lowest BCUT2D eigenvalue weighted by molar-refractivity contribution is -0.137. The Balaban J connectivity index is 1.62. The molecule has 0 radical (unpaired) electrons. The molecule has 0 saturated carbocycles. The zero-order valence-corrected chi connectivity index (χ0v) is 19.2. The first-order valence-corrected chi connectivity index (χ1v) is 11.3. The van der Waals surface area contributed by atoms with Crippen LogP contribution < -0.4 is 0 Å². The van der Waals surface area contributed by atoms with Crippen LogP contribution in [0.5, 0.6) is 0 Å². The van der Waals surface area contributed by atoms with Crippen molar-refractivity contribution in [3.05, 3.63) is 71.3 Å². The fraction of sp³-hybridized carbons (Fsp3) is 0.480. The van der Waals surface area contributed by atoms with Gasteiger partial charge in [0.1, 0.15) is 0 Å². The van der Waals surface area contributed by atoms with E-state index in [1.165, 1.54) is 24.1 Å². The minimum Gasteiger partial charge on any atom is -0.391 e. The van der Waals surface area contributed by atoms with Crippen LogP contribution in [0.4, 0.5) is 13.2 Å². The van der Waals surface area contributed by atoms with Crippen molar-refractivity contribution in [2.75, 3.05) is 53.0 Å². The minimum absolute atomic E-state index is 0.0307. The summed E-state index contributed by atoms with van der Waals surface area (Å²) in [5, 5.41) is 10.5. The summed E-state index contributed by atoms with van der Waals surface area (Å²) >= 11 is 0. The normalized spacial score (nSPS) is 18.0. The predicted octanol–water partition coefficient (Wildman–Crippen LogP) is 3.10. The van der Waals surface area contributed by atoms with Crippen molar-refractivity contribution in [2.24, 2.45) is 0 Å². The fourth-order valence-electron chi connectivity index (χ4n) is 4.04. The maximum Gasteiger partial charge on any atom is 0.416 e. The van der Waals surface area contributed by atoms with Crippen molar-refractivity contribution >= 4 is 5.91 Å². The number of amides is 1. The van der Waals surface area contributed by atoms with Gasteiger partial charge in [-0.15, -0.1) is 0 Å². The maximum absolute atomic E-state index is 13.1. The van der Waals surface area contributed by atoms with E-state index in [9.17, 15) is 23.1 Å². The Bertz CT molecular complexity index is 911. The van der Waals surface area contributed by atoms with Crippen molar-refractivity contribution in [2.45, 2.75) is 24.8 Å². The number of carbonyl (C=O) groups excluding carboxylic acids is 1. The molecule has 1 fully saturated rings. The van der Waals surface area contributed by atoms with Crippen molar-refractivity contribution in [1.82, 2.24) is 9.80 Å². The number of β-amino-alcohol motifs (C(OH)–C–C–N with tert-alkyl or cyclic N) is 1. The molecule has 186 valence electrons. The monoisotopic (exact) mass is 480 g/mol. The molecule has 34 heavy (non-hydrogen) atoms. The maximum atomic E-state index is 13.1. The van der Waals surface area contributed by atoms with Gasteiger partial charge in [0.2, 0.25) is 0 Å². The van der Waals surface area contributed by atoms with Crippen molar-refractivity contribution in [3.63, 3.8) is 0 Å². The van der Waals surface area contributed by atoms with Gasteiger partial charge in [-0.2, -0.15) is 13.2 Å². The highest BCUT2D eigenvalue weighted by atomic mass is 19.4. The van der Waals surface area contributed by atoms with Crippen LogP contribution in [0.15, 0.2) is 54.6 Å². The van der Waals surface area contributed by atoms with Crippen LogP contribution in [0, 0.1) is 0 Å². The van der Waals surface area contributed by atoms with Crippen LogP contribution in [-0.4, -0.2) is 86.1 Å². The zero-order chi connectivity index (χ0) is 24.6. The number of morpholine rings is 1. The molecule has 1 heterocycles. The second-order valence-electron chi connectivity index (χ2n) is 8.42. The molecule has 0 bridgehead atoms. The quantitative estimate of drug-likeness (QED) is 0.566. The number of hydrogen-bond donors (Lipinski definition) is 1. The number of ether oxygens (including phenoxy) is 2. The van der Waals surface area contributed by atoms with Gasteiger partial charge >= 0.3 is 6.18 Å². The molecule has 3 rings (SSSR count). The Morgan fingerprint density at radius 3 is 2.71 bits per heavy atom. The number of halogens is 3. The van der Waals surface area contributed by atoms with Gasteiger partial charge in [0, 0.05) is 45.4 Å². The Labute approximate surface area is 197 Å². The van der Waals surface area contributed by atoms with E-state index < -0.39 is 23.8 Å². The summed E-state index contributed by atoms with van der Waals surface area (Å²) in [6.07, 6.45) is -4.86. The van der Waals surface area contributed by atoms with Gasteiger partial charge in [-0.05, 0) is 30.2 Å². The zero-order valence-electron chi connectivity index (χ0n) is 19.2. The molecule has 1 aliphatic heterocycles. The van der Waals surface area contributed by atoms with Gasteiger partial charge in [-0.25, -0.2) is 0 Å². The van der Waals surface area contributed by atoms with Crippen molar-refractivity contribution in [1.29, 1.82) is 0 Å². The highest BCUT2D eigenvalue weighted by molar-refractivity contribution is 5.94. The van der Waals surface area contributed by atoms with E-state index >= 15 is 0 Å². The summed E-state index contributed by atoms with van der Waals surface area (Å²) in [6, 6.07) is 14.2. The van der Waals surface area contributed by atoms with Gasteiger partial charge in [0.25, 0.3) is 5.91 Å². The summed E-state index contributed by atoms with van der Waals surface area (Å²) in [5.41, 5.74) is 0.159. The van der Waals surface area contributed by atoms with Gasteiger partial charge in [0.05, 0.1) is 31.0 Å². The molecule has 0 aliphatic carbocycles. The van der Waals surface area contributed by atoms with Gasteiger partial charge in [-0.1, -0.05) is 36.4 Å². The van der Waals surface area contributed by atoms with Crippen molar-refractivity contribution < 1.29 is 32.5 Å². The third-order valence-electron chi connectivity index (χ3n) is 5.72. The Hall–Kier alpha value is -2.46. The number of methoxy groups -OCH3 is 1. The molecule has 9 heteroatoms. The average Bonchev–Trinajstić information content (AvgIpc) is 2.81. The van der Waals surface area contributed by atoms with Gasteiger partial charge < -0.3 is 19.5 Å². The molecule has 2 atom stereocenters. The van der Waals surface area contributed by atoms with E-state index in [4.69, 9.17) is 9.47 Å². The summed E-state index contributed by atoms with van der Waals surface area (Å²) in [5.74, 6) is -0.506. The summed E-state index contributed by atoms with van der Waals surface area (Å²) < 4.78 is 50.2. The topological polar surface area (TPSA) is 62.2 Å². The summed E-state index contributed by atoms with van der Waals surface area (Å²) in [6.45, 7) is 2.75. The number of rotatable bonds is 10. The molecule has 1 amide bonds. The van der Waals surface area contributed by atoms with E-state index in [1.54, 1.807) is 0 Å². The molecule has 2 aromatic rings. The minimum atomic E-state index is -4.53. The number of benzene rings is 2. The summed E-state index contributed by atoms with van der Waals surface area (Å²) in [4.78, 5) is 16.6. The Morgan fingerprint density at radius 2 is 2.00 bits per heavy atom. The fourth-order valence-corrected chi connectivity index (χ4v) is 4.04. The Morgan fingerprint density at radius 1 is 1.24 bits per heavy atom. The lowest BCUT2D eigenvalue weighted by Gasteiger charge is -2.36. The molecule has 1 saturated heterocycles. The molecule has 0 spiro atoms. The van der Waals surface area contributed by atoms with E-state index in [1.807, 2.05) is 30.3 Å². The van der Waals surface area contributed by atoms with Crippen LogP contribution >= 0.6 is 0 Å². The summed E-state index contributed by atoms with van der Waals surface area (Å²) in [7, 11) is 1.50. The number of aliphatic hydroxyl groups excluding tert-OH is 1. The van der Waals surface area contributed by atoms with E-state index in [0.717, 1.165) is 17.7 Å². The van der Waals surface area contributed by atoms with E-state index in [2.05, 4.69) is 4.90 Å². The number of aliphatic hydroxyl groups is 1. The SMILES string of the molecule is COCCN(C[C@H]1CN(C[C@@H](O)Cc2ccccc2)CCO1)C(=O)c1cccc(C(F)(F)F)c1. The first kappa shape index (κ1) is 26.2. The predicted molar refractivity (Wildman–Crippen MR) is 122 cm³/mol. The third-order valence-corrected chi connectivity index (χ3v) is 5.72. The molecule has 2 aromatic carbocycles. The van der Waals surface area contributed by atoms with Crippen LogP contribution in [0.1, 0.15) is 21.5 Å². The van der Waals surface area contributed by atoms with E-state index in [-0.39, 0.29) is 31.4 Å². The van der Waals surface area contributed by atoms with E-state index in [0.29, 0.717) is 32.7 Å². The van der Waals surface area contributed by atoms with Crippen LogP contribution in [0.25, 0.3) is 0 Å². The molecule has 1 aliphatic rings. The largest absolute Gasteiger partial charge is 0.416 e.